The van der Waals surface area contributed by atoms with Crippen LogP contribution in [0.1, 0.15) is 91.9 Å². The summed E-state index contributed by atoms with van der Waals surface area (Å²) in [5, 5.41) is 10.3. The molecule has 1 atom stereocenters. The van der Waals surface area contributed by atoms with Gasteiger partial charge in [-0.25, -0.2) is 9.13 Å². The van der Waals surface area contributed by atoms with Crippen LogP contribution in [0.5, 0.6) is 0 Å². The van der Waals surface area contributed by atoms with Crippen molar-refractivity contribution in [2.45, 2.75) is 105 Å². The number of unbranched alkanes of at least 4 members (excludes halogenated alkanes) is 6. The first-order chi connectivity index (χ1) is 12.1. The molecule has 0 saturated carbocycles. The molecule has 1 rings (SSSR count). The van der Waals surface area contributed by atoms with Gasteiger partial charge in [0, 0.05) is 5.97 Å². The lowest BCUT2D eigenvalue weighted by Gasteiger charge is -2.14. The predicted molar refractivity (Wildman–Crippen MR) is 102 cm³/mol. The van der Waals surface area contributed by atoms with E-state index < -0.39 is 5.97 Å². The zero-order valence-electron chi connectivity index (χ0n) is 17.0. The zero-order chi connectivity index (χ0) is 18.9. The van der Waals surface area contributed by atoms with E-state index in [1.807, 2.05) is 6.92 Å². The Morgan fingerprint density at radius 3 is 2.16 bits per heavy atom. The second kappa shape index (κ2) is 16.2. The number of aryl methyl sites for hydroxylation is 2. The van der Waals surface area contributed by atoms with Gasteiger partial charge in [-0.15, -0.1) is 0 Å². The van der Waals surface area contributed by atoms with Crippen molar-refractivity contribution >= 4 is 5.97 Å². The van der Waals surface area contributed by atoms with E-state index in [1.54, 1.807) is 0 Å². The average molecular weight is 353 g/mol. The lowest BCUT2D eigenvalue weighted by Crippen LogP contribution is -2.30. The van der Waals surface area contributed by atoms with Gasteiger partial charge in [0.25, 0.3) is 0 Å². The van der Waals surface area contributed by atoms with Crippen LogP contribution in [0, 0.1) is 5.92 Å². The standard InChI is InChI=1S/C13H25N2.C8H16O2/c1-3-5-6-7-8-9-10-15-12-11-14(4-2)13-15;1-3-5-6-7(4-2)8(9)10/h11-13H,3-10H2,1-2H3;7H,3-6H2,1-2H3,(H,9,10)/q+1;/p-1. The van der Waals surface area contributed by atoms with E-state index in [1.165, 1.54) is 45.1 Å². The molecule has 1 unspecified atom stereocenters. The molecule has 0 aliphatic rings. The van der Waals surface area contributed by atoms with Gasteiger partial charge >= 0.3 is 0 Å². The normalized spacial score (nSPS) is 11.7. The summed E-state index contributed by atoms with van der Waals surface area (Å²) >= 11 is 0. The number of aromatic nitrogens is 2. The van der Waals surface area contributed by atoms with Crippen molar-refractivity contribution in [2.24, 2.45) is 5.92 Å². The molecule has 25 heavy (non-hydrogen) atoms. The van der Waals surface area contributed by atoms with E-state index in [0.717, 1.165) is 25.8 Å². The Labute approximate surface area is 155 Å². The second-order valence-corrected chi connectivity index (χ2v) is 6.82. The molecule has 0 aliphatic carbocycles. The van der Waals surface area contributed by atoms with Gasteiger partial charge < -0.3 is 9.90 Å². The van der Waals surface area contributed by atoms with E-state index in [-0.39, 0.29) is 5.92 Å². The predicted octanol–water partition coefficient (Wildman–Crippen LogP) is 4.11. The highest BCUT2D eigenvalue weighted by molar-refractivity contribution is 5.67. The second-order valence-electron chi connectivity index (χ2n) is 6.82. The molecule has 0 aliphatic heterocycles. The number of carbonyl (C=O) groups excluding carboxylic acids is 1. The maximum Gasteiger partial charge on any atom is 0.243 e. The van der Waals surface area contributed by atoms with E-state index >= 15 is 0 Å². The Bertz CT molecular complexity index is 429. The summed E-state index contributed by atoms with van der Waals surface area (Å²) in [6.07, 6.45) is 18.3. The van der Waals surface area contributed by atoms with Crippen LogP contribution in [0.2, 0.25) is 0 Å². The van der Waals surface area contributed by atoms with Crippen LogP contribution in [-0.4, -0.2) is 10.5 Å². The lowest BCUT2D eigenvalue weighted by atomic mass is 10.00. The van der Waals surface area contributed by atoms with Crippen LogP contribution in [0.15, 0.2) is 18.7 Å². The molecule has 0 spiro atoms. The number of aliphatic carboxylic acids is 1. The van der Waals surface area contributed by atoms with Crippen molar-refractivity contribution in [1.29, 1.82) is 0 Å². The molecule has 0 aromatic carbocycles. The highest BCUT2D eigenvalue weighted by atomic mass is 16.4. The SMILES string of the molecule is CCCCC(CC)C(=O)[O-].CCCCCCCC[n+]1ccn(CC)c1. The third-order valence-electron chi connectivity index (χ3n) is 4.61. The van der Waals surface area contributed by atoms with Crippen LogP contribution in [0.3, 0.4) is 0 Å². The Balaban J connectivity index is 0.000000504. The Morgan fingerprint density at radius 2 is 1.64 bits per heavy atom. The Hall–Kier alpha value is -1.32. The van der Waals surface area contributed by atoms with Gasteiger partial charge in [0.05, 0.1) is 13.1 Å². The largest absolute Gasteiger partial charge is 0.550 e. The van der Waals surface area contributed by atoms with Crippen LogP contribution in [-0.2, 0) is 17.9 Å². The van der Waals surface area contributed by atoms with Gasteiger partial charge in [0.1, 0.15) is 12.4 Å². The van der Waals surface area contributed by atoms with Crippen LogP contribution in [0.25, 0.3) is 0 Å². The first-order valence-corrected chi connectivity index (χ1v) is 10.3. The number of rotatable bonds is 13. The number of hydrogen-bond donors (Lipinski definition) is 0. The molecule has 0 saturated heterocycles. The third kappa shape index (κ3) is 12.7. The summed E-state index contributed by atoms with van der Waals surface area (Å²) in [6.45, 7) is 10.6. The minimum Gasteiger partial charge on any atom is -0.550 e. The lowest BCUT2D eigenvalue weighted by molar-refractivity contribution is -0.696. The Kier molecular flexibility index (Phi) is 15.3. The van der Waals surface area contributed by atoms with Crippen molar-refractivity contribution < 1.29 is 14.5 Å². The fourth-order valence-electron chi connectivity index (χ4n) is 2.77. The quantitative estimate of drug-likeness (QED) is 0.396. The summed E-state index contributed by atoms with van der Waals surface area (Å²) in [5.41, 5.74) is 0. The molecule has 0 radical (unpaired) electrons. The van der Waals surface area contributed by atoms with Gasteiger partial charge in [-0.3, -0.25) is 0 Å². The summed E-state index contributed by atoms with van der Waals surface area (Å²) in [6, 6.07) is 0. The smallest absolute Gasteiger partial charge is 0.243 e. The summed E-state index contributed by atoms with van der Waals surface area (Å²) in [5.74, 6) is -1.11. The van der Waals surface area contributed by atoms with Crippen LogP contribution < -0.4 is 9.67 Å². The molecule has 4 nitrogen and oxygen atoms in total. The van der Waals surface area contributed by atoms with E-state index in [9.17, 15) is 9.90 Å². The number of hydrogen-bond acceptors (Lipinski definition) is 2. The molecule has 146 valence electrons. The number of nitrogens with zero attached hydrogens (tertiary/aromatic N) is 2. The first-order valence-electron chi connectivity index (χ1n) is 10.3. The molecular weight excluding hydrogens is 312 g/mol. The number of carboxylic acid groups (broad SMARTS) is 1. The summed E-state index contributed by atoms with van der Waals surface area (Å²) in [4.78, 5) is 10.3. The molecule has 4 heteroatoms. The maximum atomic E-state index is 10.3. The number of carboxylic acids is 1. The molecule has 0 bridgehead atoms. The minimum atomic E-state index is -0.893. The fourth-order valence-corrected chi connectivity index (χ4v) is 2.77. The molecule has 1 heterocycles. The van der Waals surface area contributed by atoms with E-state index in [0.29, 0.717) is 6.42 Å². The van der Waals surface area contributed by atoms with Crippen molar-refractivity contribution in [3.05, 3.63) is 18.7 Å². The van der Waals surface area contributed by atoms with Crippen molar-refractivity contribution in [1.82, 2.24) is 4.57 Å². The highest BCUT2D eigenvalue weighted by Crippen LogP contribution is 2.10. The summed E-state index contributed by atoms with van der Waals surface area (Å²) < 4.78 is 4.51. The zero-order valence-corrected chi connectivity index (χ0v) is 17.0. The molecule has 0 N–H and O–H groups in total. The van der Waals surface area contributed by atoms with E-state index in [4.69, 9.17) is 0 Å². The van der Waals surface area contributed by atoms with Crippen molar-refractivity contribution in [3.63, 3.8) is 0 Å². The van der Waals surface area contributed by atoms with Gasteiger partial charge in [0.2, 0.25) is 6.33 Å². The number of carbonyl (C=O) groups is 1. The van der Waals surface area contributed by atoms with Gasteiger partial charge in [-0.2, -0.15) is 0 Å². The minimum absolute atomic E-state index is 0.222. The molecule has 0 amide bonds. The van der Waals surface area contributed by atoms with E-state index in [2.05, 4.69) is 48.6 Å². The van der Waals surface area contributed by atoms with Gasteiger partial charge in [0.15, 0.2) is 0 Å². The topological polar surface area (TPSA) is 48.9 Å². The van der Waals surface area contributed by atoms with Crippen LogP contribution >= 0.6 is 0 Å². The molecule has 0 fully saturated rings. The third-order valence-corrected chi connectivity index (χ3v) is 4.61. The first kappa shape index (κ1) is 23.7. The van der Waals surface area contributed by atoms with Crippen LogP contribution in [0.4, 0.5) is 0 Å². The maximum absolute atomic E-state index is 10.3. The van der Waals surface area contributed by atoms with Crippen molar-refractivity contribution in [2.75, 3.05) is 0 Å². The molecular formula is C21H40N2O2. The monoisotopic (exact) mass is 352 g/mol. The van der Waals surface area contributed by atoms with Gasteiger partial charge in [-0.1, -0.05) is 59.3 Å². The fraction of sp³-hybridized carbons (Fsp3) is 0.810. The Morgan fingerprint density at radius 1 is 1.00 bits per heavy atom. The average Bonchev–Trinajstić information content (AvgIpc) is 3.07. The molecule has 1 aromatic heterocycles. The highest BCUT2D eigenvalue weighted by Gasteiger charge is 2.04. The van der Waals surface area contributed by atoms with Gasteiger partial charge in [-0.05, 0) is 38.5 Å². The van der Waals surface area contributed by atoms with Crippen molar-refractivity contribution in [3.8, 4) is 0 Å². The summed E-state index contributed by atoms with van der Waals surface area (Å²) in [7, 11) is 0. The number of imidazole rings is 1. The molecule has 1 aromatic rings.